The molecule has 5 heteroatoms. The lowest BCUT2D eigenvalue weighted by Gasteiger charge is -2.32. The van der Waals surface area contributed by atoms with Gasteiger partial charge in [-0.2, -0.15) is 0 Å². The summed E-state index contributed by atoms with van der Waals surface area (Å²) in [5.74, 6) is 1.43. The highest BCUT2D eigenvalue weighted by Crippen LogP contribution is 2.50. The Balaban J connectivity index is 1.59. The zero-order valence-corrected chi connectivity index (χ0v) is 13.2. The molecular weight excluding hydrogens is 280 g/mol. The zero-order valence-electron chi connectivity index (χ0n) is 12.4. The van der Waals surface area contributed by atoms with Crippen LogP contribution in [0.4, 0.5) is 0 Å². The quantitative estimate of drug-likeness (QED) is 0.434. The standard InChI is InChI=1S/C15H27ClO4/c1-17-8-9-19-11-10-18-6-4-15(12-16)5-7-20-14(15)13-2-3-13/h13-14H,2-12H2,1H3. The second kappa shape index (κ2) is 8.54. The Kier molecular flexibility index (Phi) is 7.05. The van der Waals surface area contributed by atoms with Crippen molar-refractivity contribution >= 4 is 11.6 Å². The molecule has 1 saturated heterocycles. The Morgan fingerprint density at radius 3 is 2.45 bits per heavy atom. The molecule has 2 aliphatic rings. The molecule has 20 heavy (non-hydrogen) atoms. The number of rotatable bonds is 11. The van der Waals surface area contributed by atoms with Crippen molar-refractivity contribution in [2.24, 2.45) is 11.3 Å². The largest absolute Gasteiger partial charge is 0.382 e. The molecule has 0 N–H and O–H groups in total. The maximum Gasteiger partial charge on any atom is 0.0701 e. The van der Waals surface area contributed by atoms with E-state index in [9.17, 15) is 0 Å². The Morgan fingerprint density at radius 2 is 1.80 bits per heavy atom. The van der Waals surface area contributed by atoms with Crippen LogP contribution >= 0.6 is 11.6 Å². The van der Waals surface area contributed by atoms with Crippen LogP contribution in [0.1, 0.15) is 25.7 Å². The van der Waals surface area contributed by atoms with Crippen molar-refractivity contribution < 1.29 is 18.9 Å². The highest BCUT2D eigenvalue weighted by Gasteiger charge is 2.50. The fourth-order valence-electron chi connectivity index (χ4n) is 2.96. The van der Waals surface area contributed by atoms with Crippen molar-refractivity contribution in [3.63, 3.8) is 0 Å². The van der Waals surface area contributed by atoms with E-state index in [2.05, 4.69) is 0 Å². The summed E-state index contributed by atoms with van der Waals surface area (Å²) < 4.78 is 21.9. The molecule has 2 unspecified atom stereocenters. The molecule has 0 aromatic heterocycles. The van der Waals surface area contributed by atoms with E-state index in [0.29, 0.717) is 38.4 Å². The number of ether oxygens (including phenoxy) is 4. The minimum Gasteiger partial charge on any atom is -0.382 e. The average Bonchev–Trinajstić information content (AvgIpc) is 3.23. The number of hydrogen-bond acceptors (Lipinski definition) is 4. The van der Waals surface area contributed by atoms with E-state index in [1.807, 2.05) is 0 Å². The number of halogens is 1. The molecule has 2 rings (SSSR count). The molecule has 1 heterocycles. The van der Waals surface area contributed by atoms with Gasteiger partial charge in [0.1, 0.15) is 0 Å². The van der Waals surface area contributed by atoms with E-state index < -0.39 is 0 Å². The van der Waals surface area contributed by atoms with Crippen molar-refractivity contribution in [2.75, 3.05) is 52.6 Å². The van der Waals surface area contributed by atoms with E-state index in [0.717, 1.165) is 32.0 Å². The third kappa shape index (κ3) is 4.57. The third-order valence-corrected chi connectivity index (χ3v) is 4.90. The lowest BCUT2D eigenvalue weighted by atomic mass is 9.78. The van der Waals surface area contributed by atoms with Gasteiger partial charge in [0.2, 0.25) is 0 Å². The van der Waals surface area contributed by atoms with Crippen molar-refractivity contribution in [3.05, 3.63) is 0 Å². The fraction of sp³-hybridized carbons (Fsp3) is 1.00. The molecule has 4 nitrogen and oxygen atoms in total. The molecule has 0 aromatic rings. The summed E-state index contributed by atoms with van der Waals surface area (Å²) >= 11 is 6.25. The van der Waals surface area contributed by atoms with Crippen molar-refractivity contribution in [1.82, 2.24) is 0 Å². The molecule has 0 aromatic carbocycles. The lowest BCUT2D eigenvalue weighted by molar-refractivity contribution is -0.000209. The van der Waals surface area contributed by atoms with Gasteiger partial charge in [-0.3, -0.25) is 0 Å². The second-order valence-corrected chi connectivity index (χ2v) is 6.11. The first kappa shape index (κ1) is 16.5. The number of alkyl halides is 1. The van der Waals surface area contributed by atoms with Gasteiger partial charge in [-0.1, -0.05) is 0 Å². The Hall–Kier alpha value is 0.130. The minimum absolute atomic E-state index is 0.139. The molecule has 2 atom stereocenters. The highest BCUT2D eigenvalue weighted by molar-refractivity contribution is 6.18. The minimum atomic E-state index is 0.139. The highest BCUT2D eigenvalue weighted by atomic mass is 35.5. The smallest absolute Gasteiger partial charge is 0.0701 e. The van der Waals surface area contributed by atoms with Crippen molar-refractivity contribution in [2.45, 2.75) is 31.8 Å². The average molecular weight is 307 g/mol. The van der Waals surface area contributed by atoms with Crippen LogP contribution in [0.2, 0.25) is 0 Å². The van der Waals surface area contributed by atoms with Gasteiger partial charge in [0.05, 0.1) is 32.5 Å². The third-order valence-electron chi connectivity index (χ3n) is 4.37. The molecule has 118 valence electrons. The molecule has 2 fully saturated rings. The van der Waals surface area contributed by atoms with Gasteiger partial charge in [0, 0.05) is 31.6 Å². The van der Waals surface area contributed by atoms with Gasteiger partial charge in [-0.25, -0.2) is 0 Å². The van der Waals surface area contributed by atoms with Crippen LogP contribution in [-0.2, 0) is 18.9 Å². The van der Waals surface area contributed by atoms with Crippen LogP contribution in [0.5, 0.6) is 0 Å². The summed E-state index contributed by atoms with van der Waals surface area (Å²) in [6.07, 6.45) is 5.04. The second-order valence-electron chi connectivity index (χ2n) is 5.84. The molecule has 0 radical (unpaired) electrons. The molecule has 0 amide bonds. The number of hydrogen-bond donors (Lipinski definition) is 0. The Labute approximate surface area is 127 Å². The van der Waals surface area contributed by atoms with Gasteiger partial charge >= 0.3 is 0 Å². The summed E-state index contributed by atoms with van der Waals surface area (Å²) in [5.41, 5.74) is 0.139. The van der Waals surface area contributed by atoms with E-state index >= 15 is 0 Å². The summed E-state index contributed by atoms with van der Waals surface area (Å²) in [6.45, 7) is 4.12. The van der Waals surface area contributed by atoms with Crippen LogP contribution in [0.25, 0.3) is 0 Å². The lowest BCUT2D eigenvalue weighted by Crippen LogP contribution is -2.35. The Morgan fingerprint density at radius 1 is 1.10 bits per heavy atom. The first-order valence-corrected chi connectivity index (χ1v) is 8.18. The van der Waals surface area contributed by atoms with E-state index in [1.165, 1.54) is 12.8 Å². The zero-order chi connectivity index (χ0) is 14.3. The normalized spacial score (nSPS) is 30.0. The van der Waals surface area contributed by atoms with Gasteiger partial charge in [-0.05, 0) is 31.6 Å². The topological polar surface area (TPSA) is 36.9 Å². The summed E-state index contributed by atoms with van der Waals surface area (Å²) in [4.78, 5) is 0. The maximum absolute atomic E-state index is 6.25. The monoisotopic (exact) mass is 306 g/mol. The van der Waals surface area contributed by atoms with E-state index in [4.69, 9.17) is 30.5 Å². The van der Waals surface area contributed by atoms with Crippen LogP contribution in [0.3, 0.4) is 0 Å². The molecule has 1 aliphatic heterocycles. The maximum atomic E-state index is 6.25. The van der Waals surface area contributed by atoms with Crippen molar-refractivity contribution in [1.29, 1.82) is 0 Å². The van der Waals surface area contributed by atoms with Crippen LogP contribution in [0.15, 0.2) is 0 Å². The summed E-state index contributed by atoms with van der Waals surface area (Å²) in [6, 6.07) is 0. The van der Waals surface area contributed by atoms with Gasteiger partial charge in [-0.15, -0.1) is 11.6 Å². The predicted molar refractivity (Wildman–Crippen MR) is 78.4 cm³/mol. The van der Waals surface area contributed by atoms with Gasteiger partial charge in [0.25, 0.3) is 0 Å². The molecule has 0 spiro atoms. The first-order valence-electron chi connectivity index (χ1n) is 7.64. The van der Waals surface area contributed by atoms with Crippen LogP contribution < -0.4 is 0 Å². The Bertz CT molecular complexity index is 273. The van der Waals surface area contributed by atoms with Crippen LogP contribution in [0, 0.1) is 11.3 Å². The van der Waals surface area contributed by atoms with Gasteiger partial charge < -0.3 is 18.9 Å². The summed E-state index contributed by atoms with van der Waals surface area (Å²) in [7, 11) is 1.67. The van der Waals surface area contributed by atoms with Crippen molar-refractivity contribution in [3.8, 4) is 0 Å². The SMILES string of the molecule is COCCOCCOCCC1(CCl)CCOC1C1CC1. The molecular formula is C15H27ClO4. The predicted octanol–water partition coefficient (Wildman–Crippen LogP) is 2.48. The summed E-state index contributed by atoms with van der Waals surface area (Å²) in [5, 5.41) is 0. The van der Waals surface area contributed by atoms with E-state index in [-0.39, 0.29) is 5.41 Å². The molecule has 0 bridgehead atoms. The molecule has 1 aliphatic carbocycles. The van der Waals surface area contributed by atoms with Crippen LogP contribution in [-0.4, -0.2) is 58.7 Å². The fourth-order valence-corrected chi connectivity index (χ4v) is 3.38. The number of methoxy groups -OCH3 is 1. The molecule has 1 saturated carbocycles. The van der Waals surface area contributed by atoms with Gasteiger partial charge in [0.15, 0.2) is 0 Å². The van der Waals surface area contributed by atoms with E-state index in [1.54, 1.807) is 7.11 Å². The first-order chi connectivity index (χ1) is 9.82.